The molecule has 1 saturated carbocycles. The third-order valence-corrected chi connectivity index (χ3v) is 2.94. The first-order chi connectivity index (χ1) is 7.03. The lowest BCUT2D eigenvalue weighted by Crippen LogP contribution is -2.43. The van der Waals surface area contributed by atoms with Crippen molar-refractivity contribution in [2.24, 2.45) is 5.73 Å². The first kappa shape index (κ1) is 10.2. The van der Waals surface area contributed by atoms with E-state index in [-0.39, 0.29) is 5.91 Å². The molecule has 1 fully saturated rings. The van der Waals surface area contributed by atoms with Crippen LogP contribution in [-0.2, 0) is 11.3 Å². The summed E-state index contributed by atoms with van der Waals surface area (Å²) in [5.41, 5.74) is 6.30. The lowest BCUT2D eigenvalue weighted by Gasteiger charge is -2.20. The number of furan rings is 1. The van der Waals surface area contributed by atoms with E-state index >= 15 is 0 Å². The summed E-state index contributed by atoms with van der Waals surface area (Å²) in [4.78, 5) is 13.5. The van der Waals surface area contributed by atoms with Gasteiger partial charge in [-0.1, -0.05) is 0 Å². The molecule has 0 bridgehead atoms. The van der Waals surface area contributed by atoms with Gasteiger partial charge in [0.05, 0.1) is 11.8 Å². The molecule has 1 aromatic heterocycles. The number of hydrogen-bond donors (Lipinski definition) is 1. The number of amides is 1. The van der Waals surface area contributed by atoms with Crippen molar-refractivity contribution in [1.29, 1.82) is 0 Å². The van der Waals surface area contributed by atoms with Gasteiger partial charge in [-0.3, -0.25) is 4.79 Å². The summed E-state index contributed by atoms with van der Waals surface area (Å²) in [5, 5.41) is 0. The zero-order valence-corrected chi connectivity index (χ0v) is 9.12. The molecule has 0 atom stereocenters. The van der Waals surface area contributed by atoms with Crippen LogP contribution in [0.25, 0.3) is 0 Å². The molecule has 0 saturated heterocycles. The van der Waals surface area contributed by atoms with Crippen LogP contribution in [0.3, 0.4) is 0 Å². The van der Waals surface area contributed by atoms with Crippen molar-refractivity contribution < 1.29 is 9.21 Å². The summed E-state index contributed by atoms with van der Waals surface area (Å²) < 4.78 is 5.18. The molecule has 0 radical (unpaired) electrons. The van der Waals surface area contributed by atoms with Crippen LogP contribution in [0, 0.1) is 6.92 Å². The number of hydrogen-bond acceptors (Lipinski definition) is 3. The van der Waals surface area contributed by atoms with E-state index in [1.165, 1.54) is 0 Å². The topological polar surface area (TPSA) is 59.5 Å². The Hall–Kier alpha value is -1.29. The van der Waals surface area contributed by atoms with Crippen molar-refractivity contribution >= 4 is 5.91 Å². The maximum absolute atomic E-state index is 11.8. The average molecular weight is 208 g/mol. The Morgan fingerprint density at radius 3 is 2.80 bits per heavy atom. The van der Waals surface area contributed by atoms with Crippen LogP contribution in [0.5, 0.6) is 0 Å². The molecule has 1 aromatic rings. The highest BCUT2D eigenvalue weighted by atomic mass is 16.3. The fraction of sp³-hybridized carbons (Fsp3) is 0.545. The van der Waals surface area contributed by atoms with E-state index in [9.17, 15) is 4.79 Å². The van der Waals surface area contributed by atoms with Gasteiger partial charge in [0.15, 0.2) is 0 Å². The lowest BCUT2D eigenvalue weighted by molar-refractivity contribution is -0.132. The summed E-state index contributed by atoms with van der Waals surface area (Å²) in [6.45, 7) is 2.46. The Morgan fingerprint density at radius 2 is 2.33 bits per heavy atom. The Bertz CT molecular complexity index is 380. The monoisotopic (exact) mass is 208 g/mol. The molecular weight excluding hydrogens is 192 g/mol. The number of nitrogens with zero attached hydrogens (tertiary/aromatic N) is 1. The molecule has 0 aliphatic heterocycles. The molecule has 1 heterocycles. The summed E-state index contributed by atoms with van der Waals surface area (Å²) in [7, 11) is 1.78. The van der Waals surface area contributed by atoms with Crippen molar-refractivity contribution in [2.75, 3.05) is 7.05 Å². The first-order valence-corrected chi connectivity index (χ1v) is 5.10. The second-order valence-corrected chi connectivity index (χ2v) is 4.32. The Kier molecular flexibility index (Phi) is 2.31. The molecule has 0 aromatic carbocycles. The van der Waals surface area contributed by atoms with Gasteiger partial charge in [-0.2, -0.15) is 0 Å². The fourth-order valence-electron chi connectivity index (χ4n) is 1.63. The number of nitrogens with two attached hydrogens (primary N) is 1. The normalized spacial score (nSPS) is 17.5. The second kappa shape index (κ2) is 3.38. The van der Waals surface area contributed by atoms with E-state index in [2.05, 4.69) is 0 Å². The number of likely N-dealkylation sites (N-methyl/N-ethyl adjacent to an activating group) is 1. The van der Waals surface area contributed by atoms with E-state index in [0.29, 0.717) is 6.54 Å². The van der Waals surface area contributed by atoms with Crippen LogP contribution in [0.2, 0.25) is 0 Å². The van der Waals surface area contributed by atoms with Gasteiger partial charge in [0.25, 0.3) is 0 Å². The highest BCUT2D eigenvalue weighted by Crippen LogP contribution is 2.34. The lowest BCUT2D eigenvalue weighted by atomic mass is 10.2. The molecule has 0 spiro atoms. The predicted octanol–water partition coefficient (Wildman–Crippen LogP) is 1.04. The van der Waals surface area contributed by atoms with Crippen molar-refractivity contribution in [3.8, 4) is 0 Å². The summed E-state index contributed by atoms with van der Waals surface area (Å²) >= 11 is 0. The standard InChI is InChI=1S/C11H16N2O2/c1-8-9(3-6-15-8)7-13(2)10(14)11(12)4-5-11/h3,6H,4-5,7,12H2,1-2H3. The summed E-state index contributed by atoms with van der Waals surface area (Å²) in [5.74, 6) is 0.889. The van der Waals surface area contributed by atoms with Gasteiger partial charge in [0.2, 0.25) is 5.91 Å². The highest BCUT2D eigenvalue weighted by molar-refractivity contribution is 5.88. The molecule has 2 N–H and O–H groups in total. The largest absolute Gasteiger partial charge is 0.469 e. The second-order valence-electron chi connectivity index (χ2n) is 4.32. The summed E-state index contributed by atoms with van der Waals surface area (Å²) in [6, 6.07) is 1.88. The molecule has 1 aliphatic carbocycles. The maximum atomic E-state index is 11.8. The third kappa shape index (κ3) is 1.90. The van der Waals surface area contributed by atoms with Crippen LogP contribution in [0.1, 0.15) is 24.2 Å². The van der Waals surface area contributed by atoms with Gasteiger partial charge < -0.3 is 15.1 Å². The molecule has 1 aliphatic rings. The third-order valence-electron chi connectivity index (χ3n) is 2.94. The van der Waals surface area contributed by atoms with Crippen LogP contribution in [-0.4, -0.2) is 23.4 Å². The van der Waals surface area contributed by atoms with E-state index in [0.717, 1.165) is 24.2 Å². The van der Waals surface area contributed by atoms with Crippen molar-refractivity contribution in [2.45, 2.75) is 31.8 Å². The van der Waals surface area contributed by atoms with E-state index in [1.54, 1.807) is 18.2 Å². The Balaban J connectivity index is 2.01. The van der Waals surface area contributed by atoms with Gasteiger partial charge in [0, 0.05) is 19.2 Å². The van der Waals surface area contributed by atoms with Crippen LogP contribution in [0.4, 0.5) is 0 Å². The summed E-state index contributed by atoms with van der Waals surface area (Å²) in [6.07, 6.45) is 3.25. The number of aryl methyl sites for hydroxylation is 1. The first-order valence-electron chi connectivity index (χ1n) is 5.10. The molecule has 2 rings (SSSR count). The maximum Gasteiger partial charge on any atom is 0.242 e. The van der Waals surface area contributed by atoms with Crippen LogP contribution < -0.4 is 5.73 Å². The Morgan fingerprint density at radius 1 is 1.67 bits per heavy atom. The number of carbonyl (C=O) groups is 1. The van der Waals surface area contributed by atoms with Gasteiger partial charge in [-0.25, -0.2) is 0 Å². The van der Waals surface area contributed by atoms with Crippen molar-refractivity contribution in [1.82, 2.24) is 4.90 Å². The highest BCUT2D eigenvalue weighted by Gasteiger charge is 2.47. The van der Waals surface area contributed by atoms with E-state index < -0.39 is 5.54 Å². The zero-order chi connectivity index (χ0) is 11.1. The van der Waals surface area contributed by atoms with Gasteiger partial charge in [0.1, 0.15) is 5.76 Å². The average Bonchev–Trinajstić information content (AvgIpc) is 2.83. The molecule has 4 nitrogen and oxygen atoms in total. The molecule has 0 unspecified atom stereocenters. The van der Waals surface area contributed by atoms with E-state index in [4.69, 9.17) is 10.2 Å². The Labute approximate surface area is 89.0 Å². The van der Waals surface area contributed by atoms with Gasteiger partial charge in [-0.05, 0) is 25.8 Å². The molecule has 4 heteroatoms. The molecular formula is C11H16N2O2. The molecule has 15 heavy (non-hydrogen) atoms. The predicted molar refractivity (Wildman–Crippen MR) is 56.1 cm³/mol. The van der Waals surface area contributed by atoms with Crippen LogP contribution in [0.15, 0.2) is 16.7 Å². The number of carbonyl (C=O) groups excluding carboxylic acids is 1. The minimum absolute atomic E-state index is 0.0306. The molecule has 82 valence electrons. The zero-order valence-electron chi connectivity index (χ0n) is 9.12. The van der Waals surface area contributed by atoms with Gasteiger partial charge >= 0.3 is 0 Å². The van der Waals surface area contributed by atoms with Gasteiger partial charge in [-0.15, -0.1) is 0 Å². The van der Waals surface area contributed by atoms with Crippen molar-refractivity contribution in [3.63, 3.8) is 0 Å². The minimum Gasteiger partial charge on any atom is -0.469 e. The van der Waals surface area contributed by atoms with E-state index in [1.807, 2.05) is 13.0 Å². The number of rotatable bonds is 3. The van der Waals surface area contributed by atoms with Crippen molar-refractivity contribution in [3.05, 3.63) is 23.7 Å². The quantitative estimate of drug-likeness (QED) is 0.807. The molecule has 1 amide bonds. The smallest absolute Gasteiger partial charge is 0.242 e. The SMILES string of the molecule is Cc1occc1CN(C)C(=O)C1(N)CC1. The minimum atomic E-state index is -0.577. The van der Waals surface area contributed by atoms with Crippen LogP contribution >= 0.6 is 0 Å². The fourth-order valence-corrected chi connectivity index (χ4v) is 1.63.